The molecule has 2 aromatic carbocycles. The SMILES string of the molecule is CC(NCC(=O)N(C)C)c1ccc2ccccc2c1O. The van der Waals surface area contributed by atoms with Crippen molar-refractivity contribution in [1.82, 2.24) is 10.2 Å². The summed E-state index contributed by atoms with van der Waals surface area (Å²) in [4.78, 5) is 13.1. The highest BCUT2D eigenvalue weighted by molar-refractivity contribution is 5.89. The second-order valence-corrected chi connectivity index (χ2v) is 5.12. The predicted octanol–water partition coefficient (Wildman–Crippen LogP) is 2.28. The zero-order valence-corrected chi connectivity index (χ0v) is 12.1. The normalized spacial score (nSPS) is 12.3. The van der Waals surface area contributed by atoms with Gasteiger partial charge in [0.05, 0.1) is 6.54 Å². The van der Waals surface area contributed by atoms with E-state index >= 15 is 0 Å². The summed E-state index contributed by atoms with van der Waals surface area (Å²) >= 11 is 0. The van der Waals surface area contributed by atoms with Crippen LogP contribution in [0.1, 0.15) is 18.5 Å². The lowest BCUT2D eigenvalue weighted by Gasteiger charge is -2.18. The van der Waals surface area contributed by atoms with Gasteiger partial charge in [-0.3, -0.25) is 4.79 Å². The van der Waals surface area contributed by atoms with Crippen molar-refractivity contribution in [3.05, 3.63) is 42.0 Å². The molecular weight excluding hydrogens is 252 g/mol. The van der Waals surface area contributed by atoms with Crippen molar-refractivity contribution in [2.75, 3.05) is 20.6 Å². The summed E-state index contributed by atoms with van der Waals surface area (Å²) in [6, 6.07) is 11.5. The average Bonchev–Trinajstić information content (AvgIpc) is 2.45. The molecular formula is C16H20N2O2. The third-order valence-corrected chi connectivity index (χ3v) is 3.46. The number of rotatable bonds is 4. The molecule has 106 valence electrons. The van der Waals surface area contributed by atoms with Crippen LogP contribution in [0, 0.1) is 0 Å². The van der Waals surface area contributed by atoms with Gasteiger partial charge in [-0.1, -0.05) is 36.4 Å². The van der Waals surface area contributed by atoms with Gasteiger partial charge in [-0.15, -0.1) is 0 Å². The summed E-state index contributed by atoms with van der Waals surface area (Å²) < 4.78 is 0. The van der Waals surface area contributed by atoms with E-state index in [1.165, 1.54) is 0 Å². The Hall–Kier alpha value is -2.07. The van der Waals surface area contributed by atoms with Crippen molar-refractivity contribution in [3.8, 4) is 5.75 Å². The molecule has 0 aromatic heterocycles. The molecule has 0 aliphatic heterocycles. The van der Waals surface area contributed by atoms with Gasteiger partial charge in [-0.25, -0.2) is 0 Å². The number of fused-ring (bicyclic) bond motifs is 1. The summed E-state index contributed by atoms with van der Waals surface area (Å²) in [5.74, 6) is 0.289. The van der Waals surface area contributed by atoms with Crippen LogP contribution >= 0.6 is 0 Å². The fourth-order valence-electron chi connectivity index (χ4n) is 2.13. The Labute approximate surface area is 119 Å². The molecule has 20 heavy (non-hydrogen) atoms. The number of phenolic OH excluding ortho intramolecular Hbond substituents is 1. The standard InChI is InChI=1S/C16H20N2O2/c1-11(17-10-15(19)18(2)3)13-9-8-12-6-4-5-7-14(12)16(13)20/h4-9,11,17,20H,10H2,1-3H3. The Balaban J connectivity index is 2.20. The highest BCUT2D eigenvalue weighted by Gasteiger charge is 2.14. The number of hydrogen-bond acceptors (Lipinski definition) is 3. The lowest BCUT2D eigenvalue weighted by molar-refractivity contribution is -0.127. The summed E-state index contributed by atoms with van der Waals surface area (Å²) in [6.07, 6.45) is 0. The third kappa shape index (κ3) is 2.91. The third-order valence-electron chi connectivity index (χ3n) is 3.46. The molecule has 0 aliphatic carbocycles. The molecule has 4 nitrogen and oxygen atoms in total. The Morgan fingerprint density at radius 2 is 1.95 bits per heavy atom. The average molecular weight is 272 g/mol. The second-order valence-electron chi connectivity index (χ2n) is 5.12. The molecule has 0 aliphatic rings. The van der Waals surface area contributed by atoms with E-state index in [2.05, 4.69) is 5.32 Å². The van der Waals surface area contributed by atoms with Gasteiger partial charge in [-0.05, 0) is 12.3 Å². The predicted molar refractivity (Wildman–Crippen MR) is 80.7 cm³/mol. The Morgan fingerprint density at radius 1 is 1.25 bits per heavy atom. The van der Waals surface area contributed by atoms with Gasteiger partial charge in [0.25, 0.3) is 0 Å². The van der Waals surface area contributed by atoms with Crippen molar-refractivity contribution in [2.45, 2.75) is 13.0 Å². The van der Waals surface area contributed by atoms with E-state index in [0.717, 1.165) is 16.3 Å². The Kier molecular flexibility index (Phi) is 4.25. The number of hydrogen-bond donors (Lipinski definition) is 2. The fourth-order valence-corrected chi connectivity index (χ4v) is 2.13. The summed E-state index contributed by atoms with van der Waals surface area (Å²) in [5, 5.41) is 15.3. The monoisotopic (exact) mass is 272 g/mol. The zero-order chi connectivity index (χ0) is 14.7. The van der Waals surface area contributed by atoms with E-state index in [1.54, 1.807) is 19.0 Å². The number of amides is 1. The van der Waals surface area contributed by atoms with Crippen LogP contribution in [0.4, 0.5) is 0 Å². The molecule has 1 atom stereocenters. The van der Waals surface area contributed by atoms with Gasteiger partial charge < -0.3 is 15.3 Å². The van der Waals surface area contributed by atoms with Crippen LogP contribution < -0.4 is 5.32 Å². The van der Waals surface area contributed by atoms with E-state index in [9.17, 15) is 9.90 Å². The highest BCUT2D eigenvalue weighted by Crippen LogP contribution is 2.32. The molecule has 2 N–H and O–H groups in total. The van der Waals surface area contributed by atoms with Crippen molar-refractivity contribution in [2.24, 2.45) is 0 Å². The number of carbonyl (C=O) groups excluding carboxylic acids is 1. The van der Waals surface area contributed by atoms with Crippen LogP contribution in [0.15, 0.2) is 36.4 Å². The number of likely N-dealkylation sites (N-methyl/N-ethyl adjacent to an activating group) is 1. The molecule has 1 amide bonds. The maximum Gasteiger partial charge on any atom is 0.236 e. The van der Waals surface area contributed by atoms with Crippen LogP contribution in [-0.2, 0) is 4.79 Å². The number of phenols is 1. The Bertz CT molecular complexity index is 623. The molecule has 0 fully saturated rings. The van der Waals surface area contributed by atoms with Gasteiger partial charge >= 0.3 is 0 Å². The Morgan fingerprint density at radius 3 is 2.65 bits per heavy atom. The lowest BCUT2D eigenvalue weighted by Crippen LogP contribution is -2.34. The number of carbonyl (C=O) groups is 1. The maximum atomic E-state index is 11.6. The van der Waals surface area contributed by atoms with E-state index in [1.807, 2.05) is 43.3 Å². The molecule has 0 radical (unpaired) electrons. The van der Waals surface area contributed by atoms with Crippen LogP contribution in [0.3, 0.4) is 0 Å². The van der Waals surface area contributed by atoms with Gasteiger partial charge in [-0.2, -0.15) is 0 Å². The van der Waals surface area contributed by atoms with Crippen LogP contribution in [0.25, 0.3) is 10.8 Å². The van der Waals surface area contributed by atoms with Gasteiger partial charge in [0.2, 0.25) is 5.91 Å². The molecule has 2 rings (SSSR count). The van der Waals surface area contributed by atoms with E-state index in [0.29, 0.717) is 0 Å². The molecule has 0 bridgehead atoms. The molecule has 4 heteroatoms. The molecule has 1 unspecified atom stereocenters. The van der Waals surface area contributed by atoms with Gasteiger partial charge in [0.1, 0.15) is 5.75 Å². The second kappa shape index (κ2) is 5.92. The van der Waals surface area contributed by atoms with Crippen molar-refractivity contribution >= 4 is 16.7 Å². The first-order valence-electron chi connectivity index (χ1n) is 6.65. The topological polar surface area (TPSA) is 52.6 Å². The summed E-state index contributed by atoms with van der Waals surface area (Å²) in [5.41, 5.74) is 0.801. The number of aromatic hydroxyl groups is 1. The van der Waals surface area contributed by atoms with Gasteiger partial charge in [0, 0.05) is 31.1 Å². The molecule has 0 saturated heterocycles. The quantitative estimate of drug-likeness (QED) is 0.898. The first kappa shape index (κ1) is 14.3. The fraction of sp³-hybridized carbons (Fsp3) is 0.312. The minimum atomic E-state index is -0.0940. The number of nitrogens with one attached hydrogen (secondary N) is 1. The highest BCUT2D eigenvalue weighted by atomic mass is 16.3. The minimum Gasteiger partial charge on any atom is -0.507 e. The smallest absolute Gasteiger partial charge is 0.236 e. The van der Waals surface area contributed by atoms with Crippen molar-refractivity contribution in [1.29, 1.82) is 0 Å². The summed E-state index contributed by atoms with van der Waals surface area (Å²) in [7, 11) is 3.45. The van der Waals surface area contributed by atoms with Crippen molar-refractivity contribution in [3.63, 3.8) is 0 Å². The first-order chi connectivity index (χ1) is 9.50. The van der Waals surface area contributed by atoms with Gasteiger partial charge in [0.15, 0.2) is 0 Å². The maximum absolute atomic E-state index is 11.6. The zero-order valence-electron chi connectivity index (χ0n) is 12.1. The molecule has 2 aromatic rings. The van der Waals surface area contributed by atoms with E-state index < -0.39 is 0 Å². The minimum absolute atomic E-state index is 0.0112. The first-order valence-corrected chi connectivity index (χ1v) is 6.65. The summed E-state index contributed by atoms with van der Waals surface area (Å²) in [6.45, 7) is 2.19. The van der Waals surface area contributed by atoms with Crippen molar-refractivity contribution < 1.29 is 9.90 Å². The number of nitrogens with zero attached hydrogens (tertiary/aromatic N) is 1. The largest absolute Gasteiger partial charge is 0.507 e. The van der Waals surface area contributed by atoms with E-state index in [4.69, 9.17) is 0 Å². The van der Waals surface area contributed by atoms with Crippen LogP contribution in [-0.4, -0.2) is 36.6 Å². The molecule has 0 heterocycles. The van der Waals surface area contributed by atoms with Crippen LogP contribution in [0.5, 0.6) is 5.75 Å². The lowest BCUT2D eigenvalue weighted by atomic mass is 10.0. The molecule has 0 saturated carbocycles. The number of benzene rings is 2. The van der Waals surface area contributed by atoms with Crippen LogP contribution in [0.2, 0.25) is 0 Å². The molecule has 0 spiro atoms. The van der Waals surface area contributed by atoms with E-state index in [-0.39, 0.29) is 24.2 Å².